The van der Waals surface area contributed by atoms with Crippen LogP contribution in [0.2, 0.25) is 0 Å². The second-order valence-corrected chi connectivity index (χ2v) is 13.8. The molecular weight excluding hydrogens is 606 g/mol. The van der Waals surface area contributed by atoms with E-state index in [-0.39, 0.29) is 18.4 Å². The quantitative estimate of drug-likeness (QED) is 0.185. The molecule has 1 aliphatic heterocycles. The molecule has 48 heavy (non-hydrogen) atoms. The standard InChI is InChI=1S/C40H51NO7/c1-40(2,3)48-39(43)36(37(30-13-7-5-8-14-30)47-35-17-11-12-26-45-35)41-25-24-28-18-20-29(21-19-28)31-22-23-33(38(42)44-4)34(27-31)46-32-15-9-6-10-16-32/h5,7-8,13-14,18-23,27,32,35-37,41H,6,9-12,15-17,24-26H2,1-4H3/t35?,36?,37-/m1/s1. The number of rotatable bonds is 13. The van der Waals surface area contributed by atoms with Crippen molar-refractivity contribution in [1.82, 2.24) is 5.32 Å². The lowest BCUT2D eigenvalue weighted by molar-refractivity contribution is -0.202. The Kier molecular flexibility index (Phi) is 12.7. The molecule has 2 aliphatic rings. The summed E-state index contributed by atoms with van der Waals surface area (Å²) in [5.74, 6) is -0.184. The average molecular weight is 658 g/mol. The summed E-state index contributed by atoms with van der Waals surface area (Å²) in [6.07, 6.45) is 8.17. The van der Waals surface area contributed by atoms with Gasteiger partial charge in [0.15, 0.2) is 6.29 Å². The Hall–Kier alpha value is -3.72. The molecule has 1 saturated heterocycles. The predicted molar refractivity (Wildman–Crippen MR) is 186 cm³/mol. The highest BCUT2D eigenvalue weighted by Gasteiger charge is 2.36. The normalized spacial score (nSPS) is 18.5. The number of hydrogen-bond acceptors (Lipinski definition) is 8. The SMILES string of the molecule is COC(=O)c1ccc(-c2ccc(CCNC(C(=O)OC(C)(C)C)[C@H](OC3CCCCO3)c3ccccc3)cc2)cc1OC1CCCCC1. The Morgan fingerprint density at radius 3 is 2.25 bits per heavy atom. The van der Waals surface area contributed by atoms with Crippen molar-refractivity contribution >= 4 is 11.9 Å². The molecule has 2 unspecified atom stereocenters. The highest BCUT2D eigenvalue weighted by molar-refractivity contribution is 5.93. The fourth-order valence-corrected chi connectivity index (χ4v) is 6.33. The first kappa shape index (κ1) is 35.6. The molecule has 3 aromatic rings. The molecule has 2 fully saturated rings. The van der Waals surface area contributed by atoms with Gasteiger partial charge in [0.1, 0.15) is 29.1 Å². The number of nitrogens with one attached hydrogen (secondary N) is 1. The van der Waals surface area contributed by atoms with Crippen molar-refractivity contribution in [1.29, 1.82) is 0 Å². The van der Waals surface area contributed by atoms with Gasteiger partial charge in [0.05, 0.1) is 13.2 Å². The first-order valence-electron chi connectivity index (χ1n) is 17.5. The second-order valence-electron chi connectivity index (χ2n) is 13.8. The number of methoxy groups -OCH3 is 1. The maximum atomic E-state index is 13.7. The number of benzene rings is 3. The van der Waals surface area contributed by atoms with Crippen molar-refractivity contribution in [3.8, 4) is 16.9 Å². The summed E-state index contributed by atoms with van der Waals surface area (Å²) in [6, 6.07) is 23.1. The minimum atomic E-state index is -0.729. The molecule has 0 amide bonds. The van der Waals surface area contributed by atoms with E-state index in [0.29, 0.717) is 30.9 Å². The van der Waals surface area contributed by atoms with Crippen LogP contribution in [-0.2, 0) is 30.2 Å². The summed E-state index contributed by atoms with van der Waals surface area (Å²) in [7, 11) is 1.39. The summed E-state index contributed by atoms with van der Waals surface area (Å²) in [5, 5.41) is 3.48. The van der Waals surface area contributed by atoms with Crippen LogP contribution in [-0.4, -0.2) is 56.2 Å². The molecule has 0 spiro atoms. The van der Waals surface area contributed by atoms with E-state index in [9.17, 15) is 9.59 Å². The number of esters is 2. The summed E-state index contributed by atoms with van der Waals surface area (Å²) >= 11 is 0. The molecule has 0 aromatic heterocycles. The average Bonchev–Trinajstić information content (AvgIpc) is 3.10. The third kappa shape index (κ3) is 10.1. The van der Waals surface area contributed by atoms with E-state index in [2.05, 4.69) is 29.6 Å². The molecule has 8 nitrogen and oxygen atoms in total. The van der Waals surface area contributed by atoms with Crippen LogP contribution >= 0.6 is 0 Å². The molecule has 3 aromatic carbocycles. The van der Waals surface area contributed by atoms with E-state index in [1.165, 1.54) is 13.5 Å². The molecular formula is C40H51NO7. The maximum absolute atomic E-state index is 13.7. The van der Waals surface area contributed by atoms with Crippen LogP contribution in [0.25, 0.3) is 11.1 Å². The largest absolute Gasteiger partial charge is 0.490 e. The van der Waals surface area contributed by atoms with Gasteiger partial charge in [-0.25, -0.2) is 4.79 Å². The van der Waals surface area contributed by atoms with Crippen LogP contribution in [0.5, 0.6) is 5.75 Å². The lowest BCUT2D eigenvalue weighted by Gasteiger charge is -2.33. The Balaban J connectivity index is 1.29. The Morgan fingerprint density at radius 2 is 1.58 bits per heavy atom. The Bertz CT molecular complexity index is 1460. The molecule has 1 heterocycles. The Labute approximate surface area is 285 Å². The van der Waals surface area contributed by atoms with Crippen molar-refractivity contribution in [3.05, 3.63) is 89.5 Å². The smallest absolute Gasteiger partial charge is 0.341 e. The number of hydrogen-bond donors (Lipinski definition) is 1. The van der Waals surface area contributed by atoms with Gasteiger partial charge in [0.2, 0.25) is 0 Å². The van der Waals surface area contributed by atoms with E-state index in [1.807, 2.05) is 63.2 Å². The van der Waals surface area contributed by atoms with Gasteiger partial charge in [-0.05, 0) is 107 Å². The highest BCUT2D eigenvalue weighted by atomic mass is 16.7. The van der Waals surface area contributed by atoms with Gasteiger partial charge in [0, 0.05) is 13.2 Å². The zero-order chi connectivity index (χ0) is 33.9. The third-order valence-corrected chi connectivity index (χ3v) is 8.83. The molecule has 3 atom stereocenters. The third-order valence-electron chi connectivity index (χ3n) is 8.83. The van der Waals surface area contributed by atoms with Crippen molar-refractivity contribution in [2.24, 2.45) is 0 Å². The second kappa shape index (κ2) is 17.1. The van der Waals surface area contributed by atoms with Crippen molar-refractivity contribution in [2.45, 2.75) is 109 Å². The number of carbonyl (C=O) groups is 2. The van der Waals surface area contributed by atoms with Gasteiger partial charge in [-0.2, -0.15) is 0 Å². The van der Waals surface area contributed by atoms with Crippen LogP contribution in [0.3, 0.4) is 0 Å². The highest BCUT2D eigenvalue weighted by Crippen LogP contribution is 2.32. The van der Waals surface area contributed by atoms with E-state index >= 15 is 0 Å². The minimum absolute atomic E-state index is 0.110. The zero-order valence-corrected chi connectivity index (χ0v) is 28.9. The number of ether oxygens (including phenoxy) is 5. The van der Waals surface area contributed by atoms with Gasteiger partial charge >= 0.3 is 11.9 Å². The lowest BCUT2D eigenvalue weighted by Crippen LogP contribution is -2.47. The molecule has 0 radical (unpaired) electrons. The fourth-order valence-electron chi connectivity index (χ4n) is 6.33. The van der Waals surface area contributed by atoms with Gasteiger partial charge < -0.3 is 29.0 Å². The summed E-state index contributed by atoms with van der Waals surface area (Å²) in [5.41, 5.74) is 3.80. The lowest BCUT2D eigenvalue weighted by atomic mass is 9.97. The zero-order valence-electron chi connectivity index (χ0n) is 28.9. The van der Waals surface area contributed by atoms with Crippen molar-refractivity contribution < 1.29 is 33.3 Å². The van der Waals surface area contributed by atoms with Gasteiger partial charge in [-0.3, -0.25) is 4.79 Å². The monoisotopic (exact) mass is 657 g/mol. The van der Waals surface area contributed by atoms with Crippen LogP contribution < -0.4 is 10.1 Å². The van der Waals surface area contributed by atoms with Crippen molar-refractivity contribution in [2.75, 3.05) is 20.3 Å². The van der Waals surface area contributed by atoms with E-state index < -0.39 is 23.7 Å². The maximum Gasteiger partial charge on any atom is 0.341 e. The van der Waals surface area contributed by atoms with Crippen LogP contribution in [0.15, 0.2) is 72.8 Å². The Morgan fingerprint density at radius 1 is 0.875 bits per heavy atom. The molecule has 5 rings (SSSR count). The van der Waals surface area contributed by atoms with Crippen LogP contribution in [0, 0.1) is 0 Å². The van der Waals surface area contributed by atoms with Gasteiger partial charge in [-0.1, -0.05) is 67.1 Å². The molecule has 1 saturated carbocycles. The summed E-state index contributed by atoms with van der Waals surface area (Å²) in [4.78, 5) is 26.2. The topological polar surface area (TPSA) is 92.3 Å². The van der Waals surface area contributed by atoms with Crippen LogP contribution in [0.1, 0.15) is 99.7 Å². The van der Waals surface area contributed by atoms with E-state index in [1.54, 1.807) is 6.07 Å². The van der Waals surface area contributed by atoms with Crippen LogP contribution in [0.4, 0.5) is 0 Å². The summed E-state index contributed by atoms with van der Waals surface area (Å²) in [6.45, 7) is 6.81. The van der Waals surface area contributed by atoms with E-state index in [0.717, 1.165) is 67.2 Å². The van der Waals surface area contributed by atoms with Gasteiger partial charge in [0.25, 0.3) is 0 Å². The van der Waals surface area contributed by atoms with Gasteiger partial charge in [-0.15, -0.1) is 0 Å². The first-order chi connectivity index (χ1) is 23.2. The molecule has 1 N–H and O–H groups in total. The molecule has 0 bridgehead atoms. The van der Waals surface area contributed by atoms with Crippen molar-refractivity contribution in [3.63, 3.8) is 0 Å². The first-order valence-corrected chi connectivity index (χ1v) is 17.5. The fraction of sp³-hybridized carbons (Fsp3) is 0.500. The number of carbonyl (C=O) groups excluding carboxylic acids is 2. The minimum Gasteiger partial charge on any atom is -0.490 e. The molecule has 1 aliphatic carbocycles. The molecule has 258 valence electrons. The summed E-state index contributed by atoms with van der Waals surface area (Å²) < 4.78 is 29.7. The van der Waals surface area contributed by atoms with E-state index in [4.69, 9.17) is 23.7 Å². The molecule has 8 heteroatoms. The predicted octanol–water partition coefficient (Wildman–Crippen LogP) is 7.98.